The molecule has 3 aliphatic rings. The van der Waals surface area contributed by atoms with Gasteiger partial charge in [-0.3, -0.25) is 24.6 Å². The van der Waals surface area contributed by atoms with Gasteiger partial charge in [-0.1, -0.05) is 42.0 Å². The van der Waals surface area contributed by atoms with Crippen molar-refractivity contribution in [3.05, 3.63) is 65.2 Å². The van der Waals surface area contributed by atoms with E-state index in [0.717, 1.165) is 28.9 Å². The molecule has 0 saturated carbocycles. The van der Waals surface area contributed by atoms with E-state index in [1.165, 1.54) is 4.90 Å². The van der Waals surface area contributed by atoms with Crippen molar-refractivity contribution in [2.75, 3.05) is 20.2 Å². The highest BCUT2D eigenvalue weighted by atomic mass is 19.4. The van der Waals surface area contributed by atoms with Crippen molar-refractivity contribution in [3.63, 3.8) is 0 Å². The molecule has 9 nitrogen and oxygen atoms in total. The topological polar surface area (TPSA) is 116 Å². The van der Waals surface area contributed by atoms with Gasteiger partial charge in [0, 0.05) is 25.7 Å². The summed E-state index contributed by atoms with van der Waals surface area (Å²) < 4.78 is 37.0. The molecule has 0 bridgehead atoms. The number of rotatable bonds is 5. The third-order valence-corrected chi connectivity index (χ3v) is 7.94. The number of hydrogen-bond acceptors (Lipinski definition) is 6. The van der Waals surface area contributed by atoms with Crippen LogP contribution in [0.1, 0.15) is 42.5 Å². The van der Waals surface area contributed by atoms with E-state index in [9.17, 15) is 27.6 Å². The Bertz CT molecular complexity index is 1310. The van der Waals surface area contributed by atoms with Crippen LogP contribution in [0.5, 0.6) is 5.75 Å². The number of alkyl halides is 3. The summed E-state index contributed by atoms with van der Waals surface area (Å²) in [6.07, 6.45) is -3.77. The Labute approximate surface area is 235 Å². The van der Waals surface area contributed by atoms with Gasteiger partial charge in [-0.05, 0) is 49.9 Å². The second kappa shape index (κ2) is 11.5. The van der Waals surface area contributed by atoms with Crippen molar-refractivity contribution in [1.29, 1.82) is 0 Å². The first-order chi connectivity index (χ1) is 19.3. The van der Waals surface area contributed by atoms with Gasteiger partial charge in [-0.25, -0.2) is 4.79 Å². The van der Waals surface area contributed by atoms with Gasteiger partial charge in [-0.15, -0.1) is 0 Å². The Morgan fingerprint density at radius 1 is 1.07 bits per heavy atom. The average Bonchev–Trinajstić information content (AvgIpc) is 3.40. The van der Waals surface area contributed by atoms with Crippen molar-refractivity contribution in [1.82, 2.24) is 15.1 Å². The lowest BCUT2D eigenvalue weighted by Gasteiger charge is -2.42. The van der Waals surface area contributed by atoms with E-state index in [4.69, 9.17) is 14.6 Å². The van der Waals surface area contributed by atoms with E-state index in [2.05, 4.69) is 5.32 Å². The number of benzene rings is 2. The zero-order chi connectivity index (χ0) is 30.1. The van der Waals surface area contributed by atoms with Crippen molar-refractivity contribution < 1.29 is 42.2 Å². The second-order valence-electron chi connectivity index (χ2n) is 10.4. The smallest absolute Gasteiger partial charge is 0.490 e. The number of hydrogen-bond donors (Lipinski definition) is 2. The van der Waals surface area contributed by atoms with Gasteiger partial charge < -0.3 is 14.7 Å². The average molecular weight is 576 g/mol. The van der Waals surface area contributed by atoms with Crippen LogP contribution in [0.15, 0.2) is 48.5 Å². The van der Waals surface area contributed by atoms with Crippen molar-refractivity contribution in [2.45, 2.75) is 51.0 Å². The Morgan fingerprint density at radius 3 is 2.22 bits per heavy atom. The fourth-order valence-electron chi connectivity index (χ4n) is 6.00. The number of piperidine rings is 1. The fourth-order valence-corrected chi connectivity index (χ4v) is 6.00. The van der Waals surface area contributed by atoms with E-state index in [1.807, 2.05) is 67.3 Å². The minimum atomic E-state index is -5.08. The maximum Gasteiger partial charge on any atom is 0.490 e. The zero-order valence-electron chi connectivity index (χ0n) is 22.9. The lowest BCUT2D eigenvalue weighted by molar-refractivity contribution is -0.192. The van der Waals surface area contributed by atoms with Gasteiger partial charge >= 0.3 is 12.1 Å². The number of carboxylic acids is 1. The van der Waals surface area contributed by atoms with Crippen LogP contribution in [0.4, 0.5) is 13.2 Å². The van der Waals surface area contributed by atoms with Crippen LogP contribution in [0.2, 0.25) is 0 Å². The van der Waals surface area contributed by atoms with E-state index in [-0.39, 0.29) is 23.8 Å². The molecule has 3 fully saturated rings. The maximum absolute atomic E-state index is 14.1. The fraction of sp³-hybridized carbons (Fsp3) is 0.448. The molecular formula is C29H32F3N3O6. The van der Waals surface area contributed by atoms with Crippen LogP contribution < -0.4 is 10.1 Å². The minimum absolute atomic E-state index is 0.0849. The number of carbonyl (C=O) groups is 4. The Morgan fingerprint density at radius 2 is 1.68 bits per heavy atom. The third kappa shape index (κ3) is 5.65. The first-order valence-corrected chi connectivity index (χ1v) is 13.3. The number of imide groups is 1. The predicted octanol–water partition coefficient (Wildman–Crippen LogP) is 3.46. The third-order valence-electron chi connectivity index (χ3n) is 7.94. The first kappa shape index (κ1) is 30.0. The molecule has 3 amide bonds. The van der Waals surface area contributed by atoms with Crippen LogP contribution in [-0.4, -0.2) is 70.5 Å². The highest BCUT2D eigenvalue weighted by molar-refractivity contribution is 6.10. The molecule has 220 valence electrons. The van der Waals surface area contributed by atoms with Crippen LogP contribution in [0, 0.1) is 18.8 Å². The van der Waals surface area contributed by atoms with Gasteiger partial charge in [0.2, 0.25) is 17.7 Å². The van der Waals surface area contributed by atoms with Crippen LogP contribution in [-0.2, 0) is 25.7 Å². The van der Waals surface area contributed by atoms with Crippen LogP contribution in [0.3, 0.4) is 0 Å². The van der Waals surface area contributed by atoms with Gasteiger partial charge in [0.1, 0.15) is 11.3 Å². The predicted molar refractivity (Wildman–Crippen MR) is 140 cm³/mol. The summed E-state index contributed by atoms with van der Waals surface area (Å²) in [5.41, 5.74) is 2.00. The van der Waals surface area contributed by atoms with Crippen molar-refractivity contribution >= 4 is 23.7 Å². The number of nitrogens with one attached hydrogen (secondary N) is 1. The molecule has 0 aromatic heterocycles. The number of fused-ring (bicyclic) bond motifs is 2. The number of amides is 3. The maximum atomic E-state index is 14.1. The molecule has 0 aliphatic carbocycles. The van der Waals surface area contributed by atoms with Crippen LogP contribution in [0.25, 0.3) is 0 Å². The van der Waals surface area contributed by atoms with Crippen molar-refractivity contribution in [2.24, 2.45) is 11.8 Å². The lowest BCUT2D eigenvalue weighted by Crippen LogP contribution is -2.63. The number of carbonyl (C=O) groups excluding carboxylic acids is 3. The number of aryl methyl sites for hydroxylation is 1. The van der Waals surface area contributed by atoms with E-state index in [1.54, 1.807) is 7.11 Å². The van der Waals surface area contributed by atoms with Gasteiger partial charge in [0.15, 0.2) is 0 Å². The van der Waals surface area contributed by atoms with E-state index < -0.39 is 29.5 Å². The normalized spacial score (nSPS) is 25.7. The second-order valence-corrected chi connectivity index (χ2v) is 10.4. The summed E-state index contributed by atoms with van der Waals surface area (Å²) in [6, 6.07) is 15.3. The molecule has 3 aliphatic heterocycles. The number of ether oxygens (including phenoxy) is 1. The highest BCUT2D eigenvalue weighted by Gasteiger charge is 2.68. The molecule has 3 saturated heterocycles. The summed E-state index contributed by atoms with van der Waals surface area (Å²) in [5, 5.41) is 10.7. The van der Waals surface area contributed by atoms with Crippen LogP contribution >= 0.6 is 0 Å². The standard InChI is InChI=1S/C27H31N3O4.C2HF3O2/c1-4-30-24(31)21-22(25(30)32)27(28-23(21)19-10-6-17(2)7-11-19)14-5-15-29(26(27)33)16-18-8-12-20(34-3)13-9-18;3-2(4,5)1(6)7/h6-13,21-23,28H,4-5,14-16H2,1-3H3;(H,6,7)/t21-,22-,23-,27-;/m1./s1. The lowest BCUT2D eigenvalue weighted by atomic mass is 9.74. The molecule has 2 N–H and O–H groups in total. The molecule has 4 atom stereocenters. The highest BCUT2D eigenvalue weighted by Crippen LogP contribution is 2.52. The van der Waals surface area contributed by atoms with Gasteiger partial charge in [0.05, 0.1) is 18.9 Å². The van der Waals surface area contributed by atoms with Gasteiger partial charge in [0.25, 0.3) is 0 Å². The van der Waals surface area contributed by atoms with Crippen molar-refractivity contribution in [3.8, 4) is 5.75 Å². The molecule has 0 unspecified atom stereocenters. The van der Waals surface area contributed by atoms with Gasteiger partial charge in [-0.2, -0.15) is 13.2 Å². The number of halogens is 3. The SMILES string of the molecule is CCN1C(=O)[C@H]2[C@@H](c3ccc(C)cc3)N[C@]3(CCCN(Cc4ccc(OC)cc4)C3=O)[C@H]2C1=O.O=C(O)C(F)(F)F. The summed E-state index contributed by atoms with van der Waals surface area (Å²) in [5.74, 6) is -3.73. The summed E-state index contributed by atoms with van der Waals surface area (Å²) in [4.78, 5) is 53.0. The Hall–Kier alpha value is -3.93. The first-order valence-electron chi connectivity index (χ1n) is 13.3. The number of likely N-dealkylation sites (tertiary alicyclic amines) is 2. The summed E-state index contributed by atoms with van der Waals surface area (Å²) in [7, 11) is 1.62. The Balaban J connectivity index is 0.000000493. The molecule has 5 rings (SSSR count). The summed E-state index contributed by atoms with van der Waals surface area (Å²) in [6.45, 7) is 5.24. The van der Waals surface area contributed by atoms with E-state index >= 15 is 0 Å². The Kier molecular flexibility index (Phi) is 8.44. The molecule has 2 aromatic rings. The molecule has 1 spiro atoms. The quantitative estimate of drug-likeness (QED) is 0.525. The zero-order valence-corrected chi connectivity index (χ0v) is 22.9. The molecule has 2 aromatic carbocycles. The number of aliphatic carboxylic acids is 1. The number of methoxy groups -OCH3 is 1. The monoisotopic (exact) mass is 575 g/mol. The molecule has 0 radical (unpaired) electrons. The summed E-state index contributed by atoms with van der Waals surface area (Å²) >= 11 is 0. The molecule has 12 heteroatoms. The minimum Gasteiger partial charge on any atom is -0.497 e. The van der Waals surface area contributed by atoms with E-state index in [0.29, 0.717) is 26.1 Å². The number of carboxylic acid groups (broad SMARTS) is 1. The largest absolute Gasteiger partial charge is 0.497 e. The number of nitrogens with zero attached hydrogens (tertiary/aromatic N) is 2. The molecule has 3 heterocycles. The molecule has 41 heavy (non-hydrogen) atoms. The molecular weight excluding hydrogens is 543 g/mol.